The summed E-state index contributed by atoms with van der Waals surface area (Å²) in [6.07, 6.45) is 2.52. The topological polar surface area (TPSA) is 56.1 Å². The molecular formula is C15H18BrN3O2. The van der Waals surface area contributed by atoms with E-state index in [-0.39, 0.29) is 5.56 Å². The molecule has 21 heavy (non-hydrogen) atoms. The maximum Gasteiger partial charge on any atom is 0.283 e. The fourth-order valence-corrected chi connectivity index (χ4v) is 2.39. The highest BCUT2D eigenvalue weighted by Crippen LogP contribution is 2.16. The van der Waals surface area contributed by atoms with E-state index < -0.39 is 0 Å². The number of nitrogens with zero attached hydrogens (tertiary/aromatic N) is 2. The van der Waals surface area contributed by atoms with Crippen molar-refractivity contribution < 1.29 is 4.74 Å². The van der Waals surface area contributed by atoms with Crippen molar-refractivity contribution in [3.05, 3.63) is 50.9 Å². The molecule has 0 spiro atoms. The molecule has 0 amide bonds. The van der Waals surface area contributed by atoms with E-state index in [0.29, 0.717) is 11.0 Å². The van der Waals surface area contributed by atoms with Crippen LogP contribution >= 0.6 is 15.9 Å². The van der Waals surface area contributed by atoms with Crippen LogP contribution in [-0.4, -0.2) is 23.4 Å². The van der Waals surface area contributed by atoms with Crippen LogP contribution in [0.1, 0.15) is 12.5 Å². The van der Waals surface area contributed by atoms with E-state index in [1.807, 2.05) is 31.2 Å². The average Bonchev–Trinajstić information content (AvgIpc) is 2.52. The van der Waals surface area contributed by atoms with E-state index in [4.69, 9.17) is 4.74 Å². The zero-order chi connectivity index (χ0) is 15.2. The molecule has 0 atom stereocenters. The van der Waals surface area contributed by atoms with Gasteiger partial charge < -0.3 is 10.1 Å². The Morgan fingerprint density at radius 3 is 2.67 bits per heavy atom. The highest BCUT2D eigenvalue weighted by Gasteiger charge is 2.07. The Bertz CT molecular complexity index is 653. The number of aromatic nitrogens is 2. The van der Waals surface area contributed by atoms with E-state index >= 15 is 0 Å². The average molecular weight is 352 g/mol. The first-order chi connectivity index (χ1) is 10.2. The summed E-state index contributed by atoms with van der Waals surface area (Å²) >= 11 is 3.32. The van der Waals surface area contributed by atoms with Gasteiger partial charge in [0.05, 0.1) is 19.0 Å². The molecule has 0 aliphatic heterocycles. The molecule has 1 N–H and O–H groups in total. The largest absolute Gasteiger partial charge is 0.497 e. The molecule has 0 aliphatic rings. The Labute approximate surface area is 132 Å². The zero-order valence-corrected chi connectivity index (χ0v) is 13.7. The summed E-state index contributed by atoms with van der Waals surface area (Å²) in [7, 11) is 1.65. The summed E-state index contributed by atoms with van der Waals surface area (Å²) in [6, 6.07) is 7.94. The number of methoxy groups -OCH3 is 1. The highest BCUT2D eigenvalue weighted by atomic mass is 79.9. The first-order valence-corrected chi connectivity index (χ1v) is 7.57. The molecule has 1 aromatic heterocycles. The van der Waals surface area contributed by atoms with Gasteiger partial charge in [-0.05, 0) is 47.0 Å². The van der Waals surface area contributed by atoms with E-state index in [9.17, 15) is 4.79 Å². The van der Waals surface area contributed by atoms with E-state index in [2.05, 4.69) is 26.3 Å². The van der Waals surface area contributed by atoms with Crippen molar-refractivity contribution in [2.45, 2.75) is 19.9 Å². The molecule has 0 aliphatic carbocycles. The van der Waals surface area contributed by atoms with E-state index in [1.54, 1.807) is 13.3 Å². The van der Waals surface area contributed by atoms with Crippen molar-refractivity contribution in [1.29, 1.82) is 0 Å². The van der Waals surface area contributed by atoms with Crippen molar-refractivity contribution in [3.8, 4) is 5.75 Å². The predicted molar refractivity (Wildman–Crippen MR) is 87.1 cm³/mol. The number of halogens is 1. The van der Waals surface area contributed by atoms with Crippen LogP contribution in [0.15, 0.2) is 39.7 Å². The molecule has 0 fully saturated rings. The molecule has 6 heteroatoms. The highest BCUT2D eigenvalue weighted by molar-refractivity contribution is 9.10. The first kappa shape index (κ1) is 15.6. The SMILES string of the molecule is CCn1ncc(NCCc2ccc(OC)cc2)c(Br)c1=O. The molecule has 1 heterocycles. The van der Waals surface area contributed by atoms with Gasteiger partial charge in [-0.1, -0.05) is 12.1 Å². The lowest BCUT2D eigenvalue weighted by Gasteiger charge is -2.09. The molecule has 112 valence electrons. The summed E-state index contributed by atoms with van der Waals surface area (Å²) in [5.74, 6) is 0.849. The number of hydrogen-bond donors (Lipinski definition) is 1. The van der Waals surface area contributed by atoms with Gasteiger partial charge in [0, 0.05) is 13.1 Å². The summed E-state index contributed by atoms with van der Waals surface area (Å²) in [5.41, 5.74) is 1.81. The lowest BCUT2D eigenvalue weighted by molar-refractivity contribution is 0.414. The quantitative estimate of drug-likeness (QED) is 0.869. The molecule has 0 unspecified atom stereocenters. The standard InChI is InChI=1S/C15H18BrN3O2/c1-3-19-15(20)14(16)13(10-18-19)17-9-8-11-4-6-12(21-2)7-5-11/h4-7,10,17H,3,8-9H2,1-2H3. The van der Waals surface area contributed by atoms with Crippen LogP contribution in [0.5, 0.6) is 5.75 Å². The second kappa shape index (κ2) is 7.26. The number of nitrogens with one attached hydrogen (secondary N) is 1. The minimum atomic E-state index is -0.119. The van der Waals surface area contributed by atoms with Gasteiger partial charge in [-0.25, -0.2) is 4.68 Å². The number of benzene rings is 1. The van der Waals surface area contributed by atoms with Crippen LogP contribution in [0.2, 0.25) is 0 Å². The maximum absolute atomic E-state index is 11.9. The summed E-state index contributed by atoms with van der Waals surface area (Å²) < 4.78 is 7.06. The number of hydrogen-bond acceptors (Lipinski definition) is 4. The van der Waals surface area contributed by atoms with Gasteiger partial charge in [-0.3, -0.25) is 4.79 Å². The molecular weight excluding hydrogens is 334 g/mol. The molecule has 1 aromatic carbocycles. The number of ether oxygens (including phenoxy) is 1. The minimum Gasteiger partial charge on any atom is -0.497 e. The van der Waals surface area contributed by atoms with E-state index in [0.717, 1.165) is 24.4 Å². The van der Waals surface area contributed by atoms with Crippen molar-refractivity contribution in [1.82, 2.24) is 9.78 Å². The summed E-state index contributed by atoms with van der Waals surface area (Å²) in [6.45, 7) is 3.17. The van der Waals surface area contributed by atoms with Gasteiger partial charge in [0.1, 0.15) is 10.2 Å². The Morgan fingerprint density at radius 2 is 2.05 bits per heavy atom. The molecule has 5 nitrogen and oxygen atoms in total. The third-order valence-electron chi connectivity index (χ3n) is 3.17. The first-order valence-electron chi connectivity index (χ1n) is 6.78. The Kier molecular flexibility index (Phi) is 5.38. The smallest absolute Gasteiger partial charge is 0.283 e. The monoisotopic (exact) mass is 351 g/mol. The van der Waals surface area contributed by atoms with Crippen LogP contribution < -0.4 is 15.6 Å². The maximum atomic E-state index is 11.9. The van der Waals surface area contributed by atoms with Crippen molar-refractivity contribution in [2.24, 2.45) is 0 Å². The fraction of sp³-hybridized carbons (Fsp3) is 0.333. The molecule has 0 bridgehead atoms. The van der Waals surface area contributed by atoms with Crippen LogP contribution in [0.25, 0.3) is 0 Å². The van der Waals surface area contributed by atoms with Crippen molar-refractivity contribution in [2.75, 3.05) is 19.0 Å². The van der Waals surface area contributed by atoms with Gasteiger partial charge in [0.15, 0.2) is 0 Å². The predicted octanol–water partition coefficient (Wildman–Crippen LogP) is 2.69. The molecule has 2 aromatic rings. The van der Waals surface area contributed by atoms with Crippen molar-refractivity contribution in [3.63, 3.8) is 0 Å². The third kappa shape index (κ3) is 3.85. The molecule has 0 radical (unpaired) electrons. The minimum absolute atomic E-state index is 0.119. The van der Waals surface area contributed by atoms with Gasteiger partial charge in [0.25, 0.3) is 5.56 Å². The van der Waals surface area contributed by atoms with Crippen LogP contribution in [0, 0.1) is 0 Å². The third-order valence-corrected chi connectivity index (χ3v) is 3.94. The Morgan fingerprint density at radius 1 is 1.33 bits per heavy atom. The van der Waals surface area contributed by atoms with Gasteiger partial charge in [-0.15, -0.1) is 0 Å². The normalized spacial score (nSPS) is 10.4. The number of anilines is 1. The number of rotatable bonds is 6. The lowest BCUT2D eigenvalue weighted by atomic mass is 10.1. The van der Waals surface area contributed by atoms with Crippen LogP contribution in [0.3, 0.4) is 0 Å². The Hall–Kier alpha value is -1.82. The second-order valence-corrected chi connectivity index (χ2v) is 5.31. The zero-order valence-electron chi connectivity index (χ0n) is 12.1. The summed E-state index contributed by atoms with van der Waals surface area (Å²) in [4.78, 5) is 11.9. The summed E-state index contributed by atoms with van der Waals surface area (Å²) in [5, 5.41) is 7.33. The van der Waals surface area contributed by atoms with Gasteiger partial charge >= 0.3 is 0 Å². The number of aryl methyl sites for hydroxylation is 1. The fourth-order valence-electron chi connectivity index (χ4n) is 1.95. The molecule has 0 saturated carbocycles. The van der Waals surface area contributed by atoms with Gasteiger partial charge in [-0.2, -0.15) is 5.10 Å². The van der Waals surface area contributed by atoms with E-state index in [1.165, 1.54) is 10.2 Å². The van der Waals surface area contributed by atoms with Gasteiger partial charge in [0.2, 0.25) is 0 Å². The van der Waals surface area contributed by atoms with Crippen molar-refractivity contribution >= 4 is 21.6 Å². The lowest BCUT2D eigenvalue weighted by Crippen LogP contribution is -2.23. The molecule has 0 saturated heterocycles. The molecule has 2 rings (SSSR count). The van der Waals surface area contributed by atoms with Crippen LogP contribution in [0.4, 0.5) is 5.69 Å². The Balaban J connectivity index is 1.97. The second-order valence-electron chi connectivity index (χ2n) is 4.52. The van der Waals surface area contributed by atoms with Crippen LogP contribution in [-0.2, 0) is 13.0 Å².